The van der Waals surface area contributed by atoms with Gasteiger partial charge in [0.2, 0.25) is 10.0 Å². The third kappa shape index (κ3) is 5.24. The molecule has 1 fully saturated rings. The zero-order valence-electron chi connectivity index (χ0n) is 13.1. The molecule has 0 unspecified atom stereocenters. The van der Waals surface area contributed by atoms with Crippen LogP contribution in [0.5, 0.6) is 0 Å². The highest BCUT2D eigenvalue weighted by Crippen LogP contribution is 2.17. The molecule has 1 aromatic rings. The Bertz CT molecular complexity index is 697. The Morgan fingerprint density at radius 2 is 2.04 bits per heavy atom. The Hall–Kier alpha value is -1.55. The maximum absolute atomic E-state index is 12.2. The van der Waals surface area contributed by atoms with Gasteiger partial charge in [-0.15, -0.1) is 0 Å². The van der Waals surface area contributed by atoms with Crippen LogP contribution in [0.15, 0.2) is 29.8 Å². The molecule has 0 atom stereocenters. The molecule has 0 bridgehead atoms. The molecule has 0 N–H and O–H groups in total. The Kier molecular flexibility index (Phi) is 6.46. The number of unbranched alkanes of at least 4 members (excludes halogenated alkanes) is 1. The average Bonchev–Trinajstić information content (AvgIpc) is 2.55. The molecule has 1 aromatic heterocycles. The SMILES string of the molecule is CCCC#C/C=C/S(=O)(=O)N1CCN(c2ccc(Cl)cn2)CC1. The number of halogens is 1. The maximum atomic E-state index is 12.2. The highest BCUT2D eigenvalue weighted by molar-refractivity contribution is 7.92. The van der Waals surface area contributed by atoms with E-state index in [2.05, 4.69) is 16.8 Å². The smallest absolute Gasteiger partial charge is 0.236 e. The number of anilines is 1. The zero-order valence-corrected chi connectivity index (χ0v) is 14.6. The molecule has 1 aliphatic heterocycles. The van der Waals surface area contributed by atoms with Crippen LogP contribution < -0.4 is 4.90 Å². The highest BCUT2D eigenvalue weighted by Gasteiger charge is 2.25. The van der Waals surface area contributed by atoms with Gasteiger partial charge in [0.15, 0.2) is 0 Å². The predicted octanol–water partition coefficient (Wildman–Crippen LogP) is 2.50. The first kappa shape index (κ1) is 17.8. The Morgan fingerprint density at radius 3 is 2.65 bits per heavy atom. The van der Waals surface area contributed by atoms with Gasteiger partial charge in [0.05, 0.1) is 10.4 Å². The van der Waals surface area contributed by atoms with Crippen molar-refractivity contribution < 1.29 is 8.42 Å². The third-order valence-corrected chi connectivity index (χ3v) is 5.22. The van der Waals surface area contributed by atoms with Crippen LogP contribution in [0.4, 0.5) is 5.82 Å². The van der Waals surface area contributed by atoms with Gasteiger partial charge in [-0.2, -0.15) is 4.31 Å². The van der Waals surface area contributed by atoms with Crippen molar-refractivity contribution in [1.29, 1.82) is 0 Å². The number of hydrogen-bond donors (Lipinski definition) is 0. The van der Waals surface area contributed by atoms with E-state index in [-0.39, 0.29) is 0 Å². The van der Waals surface area contributed by atoms with E-state index in [1.807, 2.05) is 17.9 Å². The van der Waals surface area contributed by atoms with E-state index >= 15 is 0 Å². The summed E-state index contributed by atoms with van der Waals surface area (Å²) >= 11 is 5.83. The van der Waals surface area contributed by atoms with E-state index in [0.29, 0.717) is 31.2 Å². The molecular formula is C16H20ClN3O2S. The summed E-state index contributed by atoms with van der Waals surface area (Å²) in [5.41, 5.74) is 0. The first-order valence-electron chi connectivity index (χ1n) is 7.54. The van der Waals surface area contributed by atoms with Crippen LogP contribution in [0.3, 0.4) is 0 Å². The van der Waals surface area contributed by atoms with E-state index < -0.39 is 10.0 Å². The van der Waals surface area contributed by atoms with Gasteiger partial charge in [0.1, 0.15) is 5.82 Å². The number of allylic oxidation sites excluding steroid dienone is 1. The standard InChI is InChI=1S/C16H20ClN3O2S/c1-2-3-4-5-6-13-23(21,22)20-11-9-19(10-12-20)16-8-7-15(17)14-18-16/h6-8,13-14H,2-3,9-12H2,1H3/b13-6+. The van der Waals surface area contributed by atoms with Crippen LogP contribution in [0.1, 0.15) is 19.8 Å². The number of nitrogens with zero attached hydrogens (tertiary/aromatic N) is 3. The lowest BCUT2D eigenvalue weighted by Crippen LogP contribution is -2.48. The minimum absolute atomic E-state index is 0.430. The van der Waals surface area contributed by atoms with Gasteiger partial charge >= 0.3 is 0 Å². The molecule has 2 rings (SSSR count). The van der Waals surface area contributed by atoms with Gasteiger partial charge in [0.25, 0.3) is 0 Å². The quantitative estimate of drug-likeness (QED) is 0.780. The number of sulfonamides is 1. The zero-order chi connectivity index (χ0) is 16.7. The van der Waals surface area contributed by atoms with Gasteiger partial charge in [-0.05, 0) is 18.6 Å². The third-order valence-electron chi connectivity index (χ3n) is 3.43. The Labute approximate surface area is 143 Å². The summed E-state index contributed by atoms with van der Waals surface area (Å²) in [5.74, 6) is 6.46. The summed E-state index contributed by atoms with van der Waals surface area (Å²) in [6.07, 6.45) is 4.75. The molecule has 7 heteroatoms. The lowest BCUT2D eigenvalue weighted by molar-refractivity contribution is 0.389. The van der Waals surface area contributed by atoms with Crippen molar-refractivity contribution in [2.24, 2.45) is 0 Å². The molecule has 0 saturated carbocycles. The van der Waals surface area contributed by atoms with Gasteiger partial charge in [-0.3, -0.25) is 0 Å². The molecule has 0 amide bonds. The van der Waals surface area contributed by atoms with Crippen molar-refractivity contribution in [3.8, 4) is 11.8 Å². The largest absolute Gasteiger partial charge is 0.354 e. The molecule has 23 heavy (non-hydrogen) atoms. The second-order valence-corrected chi connectivity index (χ2v) is 7.39. The van der Waals surface area contributed by atoms with Crippen LogP contribution in [0.2, 0.25) is 5.02 Å². The Balaban J connectivity index is 1.93. The van der Waals surface area contributed by atoms with Crippen molar-refractivity contribution in [2.45, 2.75) is 19.8 Å². The first-order valence-corrected chi connectivity index (χ1v) is 9.42. The summed E-state index contributed by atoms with van der Waals surface area (Å²) in [5, 5.41) is 1.77. The molecule has 0 radical (unpaired) electrons. The van der Waals surface area contributed by atoms with Gasteiger partial charge < -0.3 is 4.90 Å². The fourth-order valence-electron chi connectivity index (χ4n) is 2.19. The molecule has 2 heterocycles. The number of piperazine rings is 1. The molecule has 0 spiro atoms. The van der Waals surface area contributed by atoms with Crippen molar-refractivity contribution in [3.05, 3.63) is 34.8 Å². The van der Waals surface area contributed by atoms with Crippen LogP contribution >= 0.6 is 11.6 Å². The van der Waals surface area contributed by atoms with Crippen LogP contribution in [0.25, 0.3) is 0 Å². The van der Waals surface area contributed by atoms with Crippen LogP contribution in [0, 0.1) is 11.8 Å². The van der Waals surface area contributed by atoms with Crippen LogP contribution in [-0.4, -0.2) is 43.9 Å². The second-order valence-electron chi connectivity index (χ2n) is 5.14. The average molecular weight is 354 g/mol. The molecular weight excluding hydrogens is 334 g/mol. The monoisotopic (exact) mass is 353 g/mol. The van der Waals surface area contributed by atoms with E-state index in [0.717, 1.165) is 18.7 Å². The van der Waals surface area contributed by atoms with Crippen LogP contribution in [-0.2, 0) is 10.0 Å². The molecule has 5 nitrogen and oxygen atoms in total. The lowest BCUT2D eigenvalue weighted by atomic mass is 10.3. The topological polar surface area (TPSA) is 53.5 Å². The van der Waals surface area contributed by atoms with Crippen molar-refractivity contribution in [1.82, 2.24) is 9.29 Å². The van der Waals surface area contributed by atoms with Gasteiger partial charge in [0, 0.05) is 44.9 Å². The van der Waals surface area contributed by atoms with Gasteiger partial charge in [-0.1, -0.05) is 30.4 Å². The maximum Gasteiger partial charge on any atom is 0.236 e. The number of pyridine rings is 1. The predicted molar refractivity (Wildman–Crippen MR) is 93.8 cm³/mol. The fraction of sp³-hybridized carbons (Fsp3) is 0.438. The summed E-state index contributed by atoms with van der Waals surface area (Å²) in [7, 11) is -3.40. The van der Waals surface area contributed by atoms with E-state index in [1.165, 1.54) is 15.8 Å². The normalized spacial score (nSPS) is 16.3. The van der Waals surface area contributed by atoms with Gasteiger partial charge in [-0.25, -0.2) is 13.4 Å². The summed E-state index contributed by atoms with van der Waals surface area (Å²) < 4.78 is 25.9. The minimum Gasteiger partial charge on any atom is -0.354 e. The summed E-state index contributed by atoms with van der Waals surface area (Å²) in [4.78, 5) is 6.31. The highest BCUT2D eigenvalue weighted by atomic mass is 35.5. The van der Waals surface area contributed by atoms with Crippen molar-refractivity contribution in [3.63, 3.8) is 0 Å². The van der Waals surface area contributed by atoms with Crippen molar-refractivity contribution >= 4 is 27.4 Å². The van der Waals surface area contributed by atoms with E-state index in [4.69, 9.17) is 11.6 Å². The number of hydrogen-bond acceptors (Lipinski definition) is 4. The summed E-state index contributed by atoms with van der Waals surface area (Å²) in [6, 6.07) is 3.63. The van der Waals surface area contributed by atoms with E-state index in [1.54, 1.807) is 12.3 Å². The summed E-state index contributed by atoms with van der Waals surface area (Å²) in [6.45, 7) is 4.09. The lowest BCUT2D eigenvalue weighted by Gasteiger charge is -2.34. The molecule has 1 aliphatic rings. The van der Waals surface area contributed by atoms with Crippen molar-refractivity contribution in [2.75, 3.05) is 31.1 Å². The number of aromatic nitrogens is 1. The number of rotatable bonds is 4. The molecule has 0 aliphatic carbocycles. The first-order chi connectivity index (χ1) is 11.0. The molecule has 1 saturated heterocycles. The Morgan fingerprint density at radius 1 is 1.30 bits per heavy atom. The fourth-order valence-corrected chi connectivity index (χ4v) is 3.39. The molecule has 124 valence electrons. The molecule has 0 aromatic carbocycles. The minimum atomic E-state index is -3.40. The van der Waals surface area contributed by atoms with E-state index in [9.17, 15) is 8.42 Å². The second kappa shape index (κ2) is 8.34.